The highest BCUT2D eigenvalue weighted by molar-refractivity contribution is 7.87. The monoisotopic (exact) mass is 918 g/mol. The summed E-state index contributed by atoms with van der Waals surface area (Å²) in [4.78, 5) is 67.8. The van der Waals surface area contributed by atoms with Crippen molar-refractivity contribution in [2.75, 3.05) is 27.7 Å². The normalized spacial score (nSPS) is 23.7. The maximum absolute atomic E-state index is 14.7. The molecule has 0 spiro atoms. The fourth-order valence-corrected chi connectivity index (χ4v) is 9.66. The molecule has 17 nitrogen and oxygen atoms in total. The highest BCUT2D eigenvalue weighted by Gasteiger charge is 2.62. The van der Waals surface area contributed by atoms with Crippen molar-refractivity contribution in [3.05, 3.63) is 60.0 Å². The van der Waals surface area contributed by atoms with E-state index in [9.17, 15) is 27.6 Å². The van der Waals surface area contributed by atoms with Gasteiger partial charge in [-0.3, -0.25) is 19.0 Å². The second-order valence-corrected chi connectivity index (χ2v) is 20.8. The summed E-state index contributed by atoms with van der Waals surface area (Å²) in [5.74, 6) is -1.78. The van der Waals surface area contributed by atoms with Crippen molar-refractivity contribution in [2.24, 2.45) is 5.92 Å². The van der Waals surface area contributed by atoms with Gasteiger partial charge in [-0.15, -0.1) is 11.3 Å². The molecule has 4 aromatic rings. The Morgan fingerprint density at radius 1 is 1.05 bits per heavy atom. The Labute approximate surface area is 378 Å². The van der Waals surface area contributed by atoms with Gasteiger partial charge in [0, 0.05) is 49.0 Å². The number of imidazole rings is 1. The minimum atomic E-state index is -4.20. The Kier molecular flexibility index (Phi) is 13.4. The van der Waals surface area contributed by atoms with Crippen LogP contribution in [0.2, 0.25) is 0 Å². The highest BCUT2D eigenvalue weighted by atomic mass is 32.2. The summed E-state index contributed by atoms with van der Waals surface area (Å²) in [6.45, 7) is 9.16. The largest absolute Gasteiger partial charge is 0.497 e. The van der Waals surface area contributed by atoms with E-state index in [2.05, 4.69) is 15.4 Å². The molecule has 0 bridgehead atoms. The SMILES string of the molecule is COc1ccc(-c2csc(-c3cccc4c3nc(O[C@@H]3C[C@H]5C(=O)N[C@]6(C(=O)NS(=O)(=O)N(C)C)C[C@@H]6/C=C\CCCCC[C@H](NC(=O)OC(C)(C)C)C(=O)N5C3)n4C(C)C)n2)cc1. The molecule has 64 heavy (non-hydrogen) atoms. The molecular formula is C45H58N8O9S2. The first-order chi connectivity index (χ1) is 30.3. The van der Waals surface area contributed by atoms with Crippen LogP contribution in [0.1, 0.15) is 85.6 Å². The predicted octanol–water partition coefficient (Wildman–Crippen LogP) is 5.98. The number of allylic oxidation sites excluding steroid dienone is 1. The van der Waals surface area contributed by atoms with Gasteiger partial charge >= 0.3 is 16.3 Å². The summed E-state index contributed by atoms with van der Waals surface area (Å²) >= 11 is 1.49. The van der Waals surface area contributed by atoms with E-state index in [1.165, 1.54) is 30.3 Å². The lowest BCUT2D eigenvalue weighted by Gasteiger charge is -2.30. The molecule has 0 unspecified atom stereocenters. The lowest BCUT2D eigenvalue weighted by atomic mass is 10.0. The minimum absolute atomic E-state index is 0.0107. The number of carbonyl (C=O) groups excluding carboxylic acids is 4. The number of aromatic nitrogens is 3. The summed E-state index contributed by atoms with van der Waals surface area (Å²) in [7, 11) is 0.0183. The third-order valence-corrected chi connectivity index (χ3v) is 13.9. The number of hydrogen-bond acceptors (Lipinski definition) is 12. The minimum Gasteiger partial charge on any atom is -0.497 e. The number of nitrogens with one attached hydrogen (secondary N) is 3. The summed E-state index contributed by atoms with van der Waals surface area (Å²) < 4.78 is 48.2. The smallest absolute Gasteiger partial charge is 0.408 e. The van der Waals surface area contributed by atoms with Crippen molar-refractivity contribution in [1.82, 2.24) is 39.1 Å². The van der Waals surface area contributed by atoms with Crippen LogP contribution in [-0.4, -0.2) is 113 Å². The zero-order valence-electron chi connectivity index (χ0n) is 37.5. The Hall–Kier alpha value is -5.53. The van der Waals surface area contributed by atoms with E-state index < -0.39 is 69.3 Å². The number of nitrogens with zero attached hydrogens (tertiary/aromatic N) is 5. The first kappa shape index (κ1) is 46.5. The Morgan fingerprint density at radius 2 is 1.80 bits per heavy atom. The molecule has 4 heterocycles. The third kappa shape index (κ3) is 10.1. The molecule has 3 aliphatic rings. The van der Waals surface area contributed by atoms with Gasteiger partial charge in [0.1, 0.15) is 45.6 Å². The number of thiazole rings is 1. The number of alkyl carbamates (subject to hydrolysis) is 1. The molecule has 2 aliphatic heterocycles. The molecule has 2 fully saturated rings. The molecule has 19 heteroatoms. The number of ether oxygens (including phenoxy) is 3. The molecule has 2 aromatic heterocycles. The van der Waals surface area contributed by atoms with E-state index in [0.29, 0.717) is 24.8 Å². The molecular weight excluding hydrogens is 861 g/mol. The number of fused-ring (bicyclic) bond motifs is 3. The first-order valence-corrected chi connectivity index (χ1v) is 23.9. The Morgan fingerprint density at radius 3 is 2.48 bits per heavy atom. The quantitative estimate of drug-likeness (QED) is 0.158. The summed E-state index contributed by atoms with van der Waals surface area (Å²) in [5.41, 5.74) is 1.62. The highest BCUT2D eigenvalue weighted by Crippen LogP contribution is 2.46. The maximum atomic E-state index is 14.7. The molecule has 344 valence electrons. The van der Waals surface area contributed by atoms with Gasteiger partial charge in [0.2, 0.25) is 11.8 Å². The average molecular weight is 919 g/mol. The number of methoxy groups -OCH3 is 1. The van der Waals surface area contributed by atoms with Gasteiger partial charge in [-0.25, -0.2) is 14.5 Å². The van der Waals surface area contributed by atoms with Crippen LogP contribution < -0.4 is 24.8 Å². The number of hydrogen-bond donors (Lipinski definition) is 3. The van der Waals surface area contributed by atoms with Crippen LogP contribution in [0.15, 0.2) is 60.0 Å². The Bertz CT molecular complexity index is 2530. The van der Waals surface area contributed by atoms with E-state index in [1.807, 2.05) is 78.4 Å². The summed E-state index contributed by atoms with van der Waals surface area (Å²) in [6.07, 6.45) is 5.49. The summed E-state index contributed by atoms with van der Waals surface area (Å²) in [5, 5.41) is 8.40. The van der Waals surface area contributed by atoms with Crippen molar-refractivity contribution in [1.29, 1.82) is 0 Å². The van der Waals surface area contributed by atoms with E-state index in [1.54, 1.807) is 27.9 Å². The number of benzene rings is 2. The molecule has 1 saturated carbocycles. The second-order valence-electron chi connectivity index (χ2n) is 18.0. The van der Waals surface area contributed by atoms with Crippen LogP contribution in [0.3, 0.4) is 0 Å². The van der Waals surface area contributed by atoms with Gasteiger partial charge in [-0.05, 0) is 96.7 Å². The number of para-hydroxylation sites is 1. The fraction of sp³-hybridized carbons (Fsp3) is 0.511. The average Bonchev–Trinajstić information content (AvgIpc) is 3.58. The number of amides is 4. The molecule has 1 saturated heterocycles. The summed E-state index contributed by atoms with van der Waals surface area (Å²) in [6, 6.07) is 11.5. The van der Waals surface area contributed by atoms with Crippen LogP contribution in [0.4, 0.5) is 4.79 Å². The number of rotatable bonds is 10. The maximum Gasteiger partial charge on any atom is 0.408 e. The van der Waals surface area contributed by atoms with Crippen molar-refractivity contribution >= 4 is 56.4 Å². The third-order valence-electron chi connectivity index (χ3n) is 11.6. The van der Waals surface area contributed by atoms with E-state index >= 15 is 0 Å². The van der Waals surface area contributed by atoms with Gasteiger partial charge in [0.25, 0.3) is 11.9 Å². The lowest BCUT2D eigenvalue weighted by Crippen LogP contribution is -2.58. The van der Waals surface area contributed by atoms with E-state index in [4.69, 9.17) is 24.2 Å². The van der Waals surface area contributed by atoms with E-state index in [0.717, 1.165) is 50.2 Å². The molecule has 5 atom stereocenters. The predicted molar refractivity (Wildman–Crippen MR) is 243 cm³/mol. The van der Waals surface area contributed by atoms with Gasteiger partial charge in [-0.1, -0.05) is 31.1 Å². The van der Waals surface area contributed by atoms with Crippen molar-refractivity contribution in [3.63, 3.8) is 0 Å². The van der Waals surface area contributed by atoms with Crippen molar-refractivity contribution in [3.8, 4) is 33.6 Å². The fourth-order valence-electron chi connectivity index (χ4n) is 8.21. The topological polar surface area (TPSA) is 203 Å². The van der Waals surface area contributed by atoms with Crippen LogP contribution in [0, 0.1) is 5.92 Å². The van der Waals surface area contributed by atoms with Crippen LogP contribution >= 0.6 is 11.3 Å². The molecule has 7 rings (SSSR count). The molecule has 3 N–H and O–H groups in total. The molecule has 4 amide bonds. The zero-order chi connectivity index (χ0) is 46.1. The first-order valence-electron chi connectivity index (χ1n) is 21.6. The van der Waals surface area contributed by atoms with Gasteiger partial charge < -0.3 is 29.7 Å². The van der Waals surface area contributed by atoms with Gasteiger partial charge in [-0.2, -0.15) is 17.7 Å². The molecule has 0 radical (unpaired) electrons. The van der Waals surface area contributed by atoms with Crippen LogP contribution in [0.5, 0.6) is 11.8 Å². The van der Waals surface area contributed by atoms with E-state index in [-0.39, 0.29) is 31.4 Å². The molecule has 2 aromatic carbocycles. The van der Waals surface area contributed by atoms with Crippen molar-refractivity contribution < 1.29 is 41.8 Å². The zero-order valence-corrected chi connectivity index (χ0v) is 39.2. The van der Waals surface area contributed by atoms with Crippen LogP contribution in [-0.2, 0) is 29.3 Å². The second kappa shape index (κ2) is 18.5. The standard InChI is InChI=1S/C45H58N8O9S2/c1-27(2)53-35-18-14-16-32(39-46-34(26-63-39)28-19-21-30(60-8)22-20-28)37(35)48-42(53)61-31-23-36-38(54)49-45(41(56)50-64(58,59)51(6)7)24-29(45)15-12-10-9-11-13-17-33(40(55)52(36)25-31)47-43(57)62-44(3,4)5/h12,14-16,18-22,26-27,29,31,33,36H,9-11,13,17,23-25H2,1-8H3,(H,47,57)(H,49,54)(H,50,56)/b15-12-/t29-,31+,33-,36-,45+/m0/s1. The lowest BCUT2D eigenvalue weighted by molar-refractivity contribution is -0.141. The Balaban J connectivity index is 1.22. The van der Waals surface area contributed by atoms with Crippen molar-refractivity contribution in [2.45, 2.75) is 115 Å². The van der Waals surface area contributed by atoms with Gasteiger partial charge in [0.05, 0.1) is 24.9 Å². The van der Waals surface area contributed by atoms with Crippen LogP contribution in [0.25, 0.3) is 32.9 Å². The number of carbonyl (C=O) groups is 4. The van der Waals surface area contributed by atoms with Gasteiger partial charge in [0.15, 0.2) is 0 Å². The molecule has 1 aliphatic carbocycles.